The van der Waals surface area contributed by atoms with Crippen LogP contribution in [-0.4, -0.2) is 25.0 Å². The smallest absolute Gasteiger partial charge is 0.267 e. The zero-order chi connectivity index (χ0) is 17.9. The minimum Gasteiger partial charge on any atom is -0.481 e. The third-order valence-electron chi connectivity index (χ3n) is 3.66. The lowest BCUT2D eigenvalue weighted by atomic mass is 10.2. The number of likely N-dealkylation sites (N-methyl/N-ethyl adjacent to an activating group) is 1. The van der Waals surface area contributed by atoms with Gasteiger partial charge in [-0.25, -0.2) is 0 Å². The van der Waals surface area contributed by atoms with Gasteiger partial charge in [0.25, 0.3) is 5.91 Å². The summed E-state index contributed by atoms with van der Waals surface area (Å²) in [5.41, 5.74) is 7.12. The molecule has 1 atom stereocenters. The van der Waals surface area contributed by atoms with Crippen molar-refractivity contribution in [3.05, 3.63) is 58.6 Å². The fourth-order valence-electron chi connectivity index (χ4n) is 2.19. The summed E-state index contributed by atoms with van der Waals surface area (Å²) in [6, 6.07) is 11.7. The number of nitrogens with two attached hydrogens (primary N) is 1. The van der Waals surface area contributed by atoms with Gasteiger partial charge >= 0.3 is 0 Å². The molecule has 0 fully saturated rings. The number of anilines is 1. The van der Waals surface area contributed by atoms with Gasteiger partial charge in [-0.2, -0.15) is 0 Å². The minimum atomic E-state index is -0.675. The summed E-state index contributed by atoms with van der Waals surface area (Å²) in [6.07, 6.45) is -0.675. The van der Waals surface area contributed by atoms with Crippen molar-refractivity contribution in [2.45, 2.75) is 20.0 Å². The molecule has 0 aliphatic carbocycles. The molecule has 0 radical (unpaired) electrons. The van der Waals surface area contributed by atoms with E-state index in [0.717, 1.165) is 5.56 Å². The monoisotopic (exact) mass is 346 g/mol. The fraction of sp³-hybridized carbons (Fsp3) is 0.222. The van der Waals surface area contributed by atoms with E-state index in [2.05, 4.69) is 0 Å². The number of hydrogen-bond acceptors (Lipinski definition) is 3. The Labute approximate surface area is 146 Å². The number of amides is 2. The molecule has 5 nitrogen and oxygen atoms in total. The number of carbonyl (C=O) groups excluding carboxylic acids is 2. The van der Waals surface area contributed by atoms with Crippen molar-refractivity contribution in [1.82, 2.24) is 0 Å². The van der Waals surface area contributed by atoms with Crippen LogP contribution in [-0.2, 0) is 4.79 Å². The first kappa shape index (κ1) is 17.8. The average molecular weight is 347 g/mol. The molecule has 2 aromatic carbocycles. The van der Waals surface area contributed by atoms with Crippen molar-refractivity contribution in [2.75, 3.05) is 11.9 Å². The molecule has 0 aliphatic rings. The maximum absolute atomic E-state index is 12.5. The lowest BCUT2D eigenvalue weighted by Gasteiger charge is -2.22. The highest BCUT2D eigenvalue weighted by atomic mass is 35.5. The van der Waals surface area contributed by atoms with Gasteiger partial charge in [0.2, 0.25) is 5.91 Å². The summed E-state index contributed by atoms with van der Waals surface area (Å²) < 4.78 is 5.69. The van der Waals surface area contributed by atoms with Crippen LogP contribution in [0.2, 0.25) is 5.02 Å². The van der Waals surface area contributed by atoms with Gasteiger partial charge < -0.3 is 15.4 Å². The average Bonchev–Trinajstić information content (AvgIpc) is 2.56. The first-order valence-corrected chi connectivity index (χ1v) is 7.77. The van der Waals surface area contributed by atoms with Crippen molar-refractivity contribution >= 4 is 29.1 Å². The second-order valence-corrected chi connectivity index (χ2v) is 5.89. The number of benzene rings is 2. The number of nitrogens with zero attached hydrogens (tertiary/aromatic N) is 1. The van der Waals surface area contributed by atoms with Crippen LogP contribution in [0.4, 0.5) is 5.69 Å². The zero-order valence-corrected chi connectivity index (χ0v) is 14.5. The topological polar surface area (TPSA) is 72.6 Å². The van der Waals surface area contributed by atoms with Crippen molar-refractivity contribution < 1.29 is 14.3 Å². The van der Waals surface area contributed by atoms with Gasteiger partial charge in [-0.05, 0) is 61.9 Å². The van der Waals surface area contributed by atoms with E-state index in [4.69, 9.17) is 22.1 Å². The Morgan fingerprint density at radius 1 is 1.17 bits per heavy atom. The zero-order valence-electron chi connectivity index (χ0n) is 13.7. The van der Waals surface area contributed by atoms with Crippen LogP contribution in [0.1, 0.15) is 22.8 Å². The van der Waals surface area contributed by atoms with Crippen molar-refractivity contribution in [3.8, 4) is 5.75 Å². The molecular formula is C18H19ClN2O3. The Morgan fingerprint density at radius 2 is 1.79 bits per heavy atom. The molecule has 0 spiro atoms. The molecule has 0 aliphatic heterocycles. The van der Waals surface area contributed by atoms with E-state index in [1.54, 1.807) is 56.4 Å². The predicted octanol–water partition coefficient (Wildman–Crippen LogP) is 3.18. The first-order valence-electron chi connectivity index (χ1n) is 7.40. The maximum Gasteiger partial charge on any atom is 0.267 e. The van der Waals surface area contributed by atoms with Gasteiger partial charge in [-0.15, -0.1) is 0 Å². The summed E-state index contributed by atoms with van der Waals surface area (Å²) >= 11 is 5.98. The molecule has 0 saturated carbocycles. The van der Waals surface area contributed by atoms with E-state index in [0.29, 0.717) is 22.0 Å². The largest absolute Gasteiger partial charge is 0.481 e. The lowest BCUT2D eigenvalue weighted by molar-refractivity contribution is -0.124. The van der Waals surface area contributed by atoms with Crippen LogP contribution in [0, 0.1) is 6.92 Å². The maximum atomic E-state index is 12.5. The minimum absolute atomic E-state index is 0.213. The van der Waals surface area contributed by atoms with Gasteiger partial charge in [0.1, 0.15) is 5.75 Å². The SMILES string of the molecule is Cc1cc(O[C@@H](C)C(=O)N(C)c2ccc(C(N)=O)cc2)ccc1Cl. The predicted molar refractivity (Wildman–Crippen MR) is 94.6 cm³/mol. The van der Waals surface area contributed by atoms with Crippen LogP contribution in [0.5, 0.6) is 5.75 Å². The summed E-state index contributed by atoms with van der Waals surface area (Å²) in [5, 5.41) is 0.646. The number of halogens is 1. The third kappa shape index (κ3) is 4.06. The Bertz CT molecular complexity index is 759. The molecule has 6 heteroatoms. The van der Waals surface area contributed by atoms with Crippen LogP contribution in [0.15, 0.2) is 42.5 Å². The summed E-state index contributed by atoms with van der Waals surface area (Å²) in [6.45, 7) is 3.55. The molecule has 2 amide bonds. The number of hydrogen-bond donors (Lipinski definition) is 1. The molecule has 0 heterocycles. The summed E-state index contributed by atoms with van der Waals surface area (Å²) in [4.78, 5) is 25.1. The fourth-order valence-corrected chi connectivity index (χ4v) is 2.31. The number of ether oxygens (including phenoxy) is 1. The van der Waals surface area contributed by atoms with Crippen molar-refractivity contribution in [3.63, 3.8) is 0 Å². The van der Waals surface area contributed by atoms with Gasteiger partial charge in [0.05, 0.1) is 0 Å². The van der Waals surface area contributed by atoms with E-state index in [-0.39, 0.29) is 5.91 Å². The standard InChI is InChI=1S/C18H19ClN2O3/c1-11-10-15(8-9-16(11)19)24-12(2)18(23)21(3)14-6-4-13(5-7-14)17(20)22/h4-10,12H,1-3H3,(H2,20,22)/t12-/m0/s1. The van der Waals surface area contributed by atoms with Gasteiger partial charge in [-0.1, -0.05) is 11.6 Å². The highest BCUT2D eigenvalue weighted by molar-refractivity contribution is 6.31. The number of aryl methyl sites for hydroxylation is 1. The van der Waals surface area contributed by atoms with Gasteiger partial charge in [-0.3, -0.25) is 9.59 Å². The number of rotatable bonds is 5. The molecule has 0 aromatic heterocycles. The normalized spacial score (nSPS) is 11.7. The van der Waals surface area contributed by atoms with Crippen LogP contribution in [0.25, 0.3) is 0 Å². The quantitative estimate of drug-likeness (QED) is 0.903. The lowest BCUT2D eigenvalue weighted by Crippen LogP contribution is -2.38. The number of carbonyl (C=O) groups is 2. The van der Waals surface area contributed by atoms with Crippen molar-refractivity contribution in [2.24, 2.45) is 5.73 Å². The molecule has 2 aromatic rings. The van der Waals surface area contributed by atoms with Gasteiger partial charge in [0.15, 0.2) is 6.10 Å². The Balaban J connectivity index is 2.08. The molecule has 2 N–H and O–H groups in total. The van der Waals surface area contributed by atoms with E-state index in [1.165, 1.54) is 4.90 Å². The van der Waals surface area contributed by atoms with E-state index in [1.807, 2.05) is 6.92 Å². The Hall–Kier alpha value is -2.53. The van der Waals surface area contributed by atoms with E-state index < -0.39 is 12.0 Å². The molecule has 0 unspecified atom stereocenters. The number of primary amides is 1. The molecule has 2 rings (SSSR count). The molecule has 126 valence electrons. The van der Waals surface area contributed by atoms with Crippen LogP contribution in [0.3, 0.4) is 0 Å². The molecule has 0 saturated heterocycles. The van der Waals surface area contributed by atoms with Crippen molar-refractivity contribution in [1.29, 1.82) is 0 Å². The van der Waals surface area contributed by atoms with E-state index >= 15 is 0 Å². The highest BCUT2D eigenvalue weighted by Crippen LogP contribution is 2.23. The Morgan fingerprint density at radius 3 is 2.33 bits per heavy atom. The second kappa shape index (κ2) is 7.36. The molecular weight excluding hydrogens is 328 g/mol. The van der Waals surface area contributed by atoms with E-state index in [9.17, 15) is 9.59 Å². The van der Waals surface area contributed by atoms with Crippen LogP contribution < -0.4 is 15.4 Å². The third-order valence-corrected chi connectivity index (χ3v) is 4.08. The molecule has 24 heavy (non-hydrogen) atoms. The Kier molecular flexibility index (Phi) is 5.46. The second-order valence-electron chi connectivity index (χ2n) is 5.48. The highest BCUT2D eigenvalue weighted by Gasteiger charge is 2.20. The summed E-state index contributed by atoms with van der Waals surface area (Å²) in [7, 11) is 1.65. The van der Waals surface area contributed by atoms with Crippen LogP contribution >= 0.6 is 11.6 Å². The summed E-state index contributed by atoms with van der Waals surface area (Å²) in [5.74, 6) is -0.144. The first-order chi connectivity index (χ1) is 11.3. The molecule has 0 bridgehead atoms. The van der Waals surface area contributed by atoms with Gasteiger partial charge in [0, 0.05) is 23.3 Å².